The molecule has 0 aliphatic rings. The van der Waals surface area contributed by atoms with Crippen LogP contribution in [0, 0.1) is 0 Å². The van der Waals surface area contributed by atoms with Gasteiger partial charge in [0.2, 0.25) is 0 Å². The molecule has 1 aromatic carbocycles. The predicted octanol–water partition coefficient (Wildman–Crippen LogP) is 1.93. The molecule has 2 N–H and O–H groups in total. The minimum atomic E-state index is -3.04. The van der Waals surface area contributed by atoms with E-state index < -0.39 is 9.84 Å². The molecule has 0 amide bonds. The third kappa shape index (κ3) is 12.5. The van der Waals surface area contributed by atoms with Gasteiger partial charge in [-0.1, -0.05) is 0 Å². The van der Waals surface area contributed by atoms with Gasteiger partial charge >= 0.3 is 0 Å². The summed E-state index contributed by atoms with van der Waals surface area (Å²) in [5, 5.41) is 6.24. The smallest absolute Gasteiger partial charge is 0.195 e. The highest BCUT2D eigenvalue weighted by Gasteiger charge is 2.05. The zero-order chi connectivity index (χ0) is 20.8. The van der Waals surface area contributed by atoms with Crippen LogP contribution in [0.15, 0.2) is 29.3 Å². The first-order chi connectivity index (χ1) is 13.3. The molecule has 0 heterocycles. The number of aliphatic imine (C=N–C) groups is 1. The Morgan fingerprint density at radius 2 is 1.86 bits per heavy atom. The van der Waals surface area contributed by atoms with Gasteiger partial charge in [-0.25, -0.2) is 8.42 Å². The lowest BCUT2D eigenvalue weighted by Crippen LogP contribution is -2.34. The number of guanidine groups is 1. The van der Waals surface area contributed by atoms with E-state index in [2.05, 4.69) is 15.6 Å². The molecule has 0 atom stereocenters. The van der Waals surface area contributed by atoms with Crippen LogP contribution in [-0.2, 0) is 19.3 Å². The Bertz CT molecular complexity index is 675. The van der Waals surface area contributed by atoms with E-state index >= 15 is 0 Å². The molecule has 1 aromatic rings. The van der Waals surface area contributed by atoms with Crippen molar-refractivity contribution in [1.82, 2.24) is 5.32 Å². The number of rotatable bonds is 13. The molecule has 0 saturated carbocycles. The molecule has 0 unspecified atom stereocenters. The van der Waals surface area contributed by atoms with E-state index in [1.54, 1.807) is 7.11 Å². The molecule has 0 saturated heterocycles. The summed E-state index contributed by atoms with van der Waals surface area (Å²) in [4.78, 5) is 4.48. The van der Waals surface area contributed by atoms with Crippen LogP contribution >= 0.6 is 0 Å². The van der Waals surface area contributed by atoms with Crippen molar-refractivity contribution in [2.24, 2.45) is 4.99 Å². The topological polar surface area (TPSA) is 98.3 Å². The summed E-state index contributed by atoms with van der Waals surface area (Å²) < 4.78 is 38.7. The fraction of sp³-hybridized carbons (Fsp3) is 0.632. The highest BCUT2D eigenvalue weighted by molar-refractivity contribution is 7.90. The van der Waals surface area contributed by atoms with Gasteiger partial charge in [0.15, 0.2) is 5.96 Å². The van der Waals surface area contributed by atoms with Crippen LogP contribution in [0.5, 0.6) is 5.75 Å². The first-order valence-electron chi connectivity index (χ1n) is 9.36. The van der Waals surface area contributed by atoms with Gasteiger partial charge in [-0.3, -0.25) is 4.99 Å². The van der Waals surface area contributed by atoms with Gasteiger partial charge in [0.25, 0.3) is 0 Å². The third-order valence-electron chi connectivity index (χ3n) is 3.40. The Hall–Kier alpha value is -1.84. The first-order valence-corrected chi connectivity index (χ1v) is 11.4. The van der Waals surface area contributed by atoms with Crippen molar-refractivity contribution < 1.29 is 22.6 Å². The lowest BCUT2D eigenvalue weighted by atomic mass is 10.3. The number of anilines is 1. The van der Waals surface area contributed by atoms with Crippen LogP contribution < -0.4 is 15.4 Å². The fourth-order valence-corrected chi connectivity index (χ4v) is 2.59. The van der Waals surface area contributed by atoms with Crippen molar-refractivity contribution in [2.75, 3.05) is 57.3 Å². The Morgan fingerprint density at radius 1 is 1.14 bits per heavy atom. The summed E-state index contributed by atoms with van der Waals surface area (Å²) in [6.07, 6.45) is 2.08. The van der Waals surface area contributed by atoms with Gasteiger partial charge in [0.1, 0.15) is 15.6 Å². The number of nitrogens with one attached hydrogen (secondary N) is 2. The summed E-state index contributed by atoms with van der Waals surface area (Å²) in [6, 6.07) is 7.53. The molecule has 0 radical (unpaired) electrons. The van der Waals surface area contributed by atoms with Gasteiger partial charge in [0, 0.05) is 38.7 Å². The average Bonchev–Trinajstić information content (AvgIpc) is 2.61. The van der Waals surface area contributed by atoms with Crippen LogP contribution in [-0.4, -0.2) is 72.5 Å². The number of ether oxygens (including phenoxy) is 3. The Labute approximate surface area is 168 Å². The Balaban J connectivity index is 2.59. The second kappa shape index (κ2) is 13.4. The predicted molar refractivity (Wildman–Crippen MR) is 113 cm³/mol. The average molecular weight is 416 g/mol. The SMILES string of the molecule is COCCOCCCN=C(NCCS(C)(=O)=O)Nc1ccc(OC(C)C)cc1. The zero-order valence-corrected chi connectivity index (χ0v) is 18.0. The van der Waals surface area contributed by atoms with Gasteiger partial charge in [0.05, 0.1) is 25.1 Å². The largest absolute Gasteiger partial charge is 0.491 e. The minimum Gasteiger partial charge on any atom is -0.491 e. The third-order valence-corrected chi connectivity index (χ3v) is 4.35. The molecule has 0 bridgehead atoms. The van der Waals surface area contributed by atoms with Crippen molar-refractivity contribution in [3.8, 4) is 5.75 Å². The summed E-state index contributed by atoms with van der Waals surface area (Å²) in [6.45, 7) is 6.50. The summed E-state index contributed by atoms with van der Waals surface area (Å²) in [5.74, 6) is 1.35. The van der Waals surface area contributed by atoms with Crippen LogP contribution in [0.1, 0.15) is 20.3 Å². The number of hydrogen-bond donors (Lipinski definition) is 2. The number of methoxy groups -OCH3 is 1. The first kappa shape index (κ1) is 24.2. The zero-order valence-electron chi connectivity index (χ0n) is 17.2. The number of hydrogen-bond acceptors (Lipinski definition) is 6. The highest BCUT2D eigenvalue weighted by atomic mass is 32.2. The van der Waals surface area contributed by atoms with Crippen molar-refractivity contribution in [1.29, 1.82) is 0 Å². The number of nitrogens with zero attached hydrogens (tertiary/aromatic N) is 1. The van der Waals surface area contributed by atoms with E-state index in [0.29, 0.717) is 32.3 Å². The van der Waals surface area contributed by atoms with Crippen molar-refractivity contribution in [3.63, 3.8) is 0 Å². The van der Waals surface area contributed by atoms with Crippen LogP contribution in [0.3, 0.4) is 0 Å². The lowest BCUT2D eigenvalue weighted by Gasteiger charge is -2.14. The summed E-state index contributed by atoms with van der Waals surface area (Å²) in [7, 11) is -1.41. The van der Waals surface area contributed by atoms with E-state index in [0.717, 1.165) is 17.9 Å². The molecule has 0 aliphatic heterocycles. The summed E-state index contributed by atoms with van der Waals surface area (Å²) in [5.41, 5.74) is 0.832. The molecule has 9 heteroatoms. The molecule has 28 heavy (non-hydrogen) atoms. The van der Waals surface area contributed by atoms with Gasteiger partial charge in [-0.2, -0.15) is 0 Å². The molecular weight excluding hydrogens is 382 g/mol. The summed E-state index contributed by atoms with van der Waals surface area (Å²) >= 11 is 0. The Morgan fingerprint density at radius 3 is 2.46 bits per heavy atom. The van der Waals surface area contributed by atoms with E-state index in [4.69, 9.17) is 14.2 Å². The van der Waals surface area contributed by atoms with E-state index in [1.165, 1.54) is 6.26 Å². The number of sulfone groups is 1. The van der Waals surface area contributed by atoms with Crippen LogP contribution in [0.25, 0.3) is 0 Å². The van der Waals surface area contributed by atoms with Crippen LogP contribution in [0.4, 0.5) is 5.69 Å². The van der Waals surface area contributed by atoms with Crippen molar-refractivity contribution >= 4 is 21.5 Å². The molecular formula is C19H33N3O5S. The Kier molecular flexibility index (Phi) is 11.5. The molecule has 1 rings (SSSR count). The highest BCUT2D eigenvalue weighted by Crippen LogP contribution is 2.16. The fourth-order valence-electron chi connectivity index (χ4n) is 2.12. The van der Waals surface area contributed by atoms with Gasteiger partial charge < -0.3 is 24.8 Å². The van der Waals surface area contributed by atoms with Crippen LogP contribution in [0.2, 0.25) is 0 Å². The molecule has 160 valence electrons. The maximum absolute atomic E-state index is 11.3. The van der Waals surface area contributed by atoms with Gasteiger partial charge in [-0.15, -0.1) is 0 Å². The second-order valence-electron chi connectivity index (χ2n) is 6.56. The normalized spacial score (nSPS) is 12.2. The van der Waals surface area contributed by atoms with E-state index in [9.17, 15) is 8.42 Å². The molecule has 0 fully saturated rings. The monoisotopic (exact) mass is 415 g/mol. The quantitative estimate of drug-likeness (QED) is 0.289. The minimum absolute atomic E-state index is 0.0367. The second-order valence-corrected chi connectivity index (χ2v) is 8.82. The van der Waals surface area contributed by atoms with Crippen molar-refractivity contribution in [2.45, 2.75) is 26.4 Å². The maximum Gasteiger partial charge on any atom is 0.195 e. The van der Waals surface area contributed by atoms with E-state index in [1.807, 2.05) is 38.1 Å². The lowest BCUT2D eigenvalue weighted by molar-refractivity contribution is 0.0702. The molecule has 8 nitrogen and oxygen atoms in total. The number of benzene rings is 1. The maximum atomic E-state index is 11.3. The van der Waals surface area contributed by atoms with Crippen molar-refractivity contribution in [3.05, 3.63) is 24.3 Å². The van der Waals surface area contributed by atoms with Gasteiger partial charge in [-0.05, 0) is 44.5 Å². The molecule has 0 aromatic heterocycles. The van der Waals surface area contributed by atoms with E-state index in [-0.39, 0.29) is 18.4 Å². The standard InChI is InChI=1S/C19H33N3O5S/c1-16(2)27-18-8-6-17(7-9-18)22-19(21-11-15-28(4,23)24)20-10-5-12-26-14-13-25-3/h6-9,16H,5,10-15H2,1-4H3,(H2,20,21,22). The molecule has 0 spiro atoms. The molecule has 0 aliphatic carbocycles.